The number of amides is 1. The number of aromatic amines is 1. The SMILES string of the molecule is COc1cc2nc(Nc3c(Cl)cccc3Cl)[nH]c2cc1C(=O)NCc1ncccc1C(F)(F)F. The Morgan fingerprint density at radius 1 is 1.15 bits per heavy atom. The molecular weight excluding hydrogens is 494 g/mol. The minimum absolute atomic E-state index is 0.102. The summed E-state index contributed by atoms with van der Waals surface area (Å²) in [6.07, 6.45) is -3.36. The molecule has 0 radical (unpaired) electrons. The highest BCUT2D eigenvalue weighted by atomic mass is 35.5. The van der Waals surface area contributed by atoms with Crippen molar-refractivity contribution >= 4 is 51.8 Å². The van der Waals surface area contributed by atoms with Crippen molar-refractivity contribution in [2.24, 2.45) is 0 Å². The van der Waals surface area contributed by atoms with Gasteiger partial charge in [0.25, 0.3) is 5.91 Å². The number of methoxy groups -OCH3 is 1. The number of carbonyl (C=O) groups is 1. The molecule has 0 fully saturated rings. The van der Waals surface area contributed by atoms with Gasteiger partial charge >= 0.3 is 6.18 Å². The van der Waals surface area contributed by atoms with E-state index in [4.69, 9.17) is 27.9 Å². The molecule has 0 saturated carbocycles. The number of ether oxygens (including phenoxy) is 1. The lowest BCUT2D eigenvalue weighted by Gasteiger charge is -2.13. The third kappa shape index (κ3) is 4.87. The maximum atomic E-state index is 13.2. The zero-order valence-corrected chi connectivity index (χ0v) is 18.9. The molecule has 7 nitrogen and oxygen atoms in total. The predicted octanol–water partition coefficient (Wildman–Crippen LogP) is 5.97. The van der Waals surface area contributed by atoms with Gasteiger partial charge in [-0.3, -0.25) is 9.78 Å². The van der Waals surface area contributed by atoms with Gasteiger partial charge in [0.05, 0.1) is 57.2 Å². The van der Waals surface area contributed by atoms with Gasteiger partial charge in [0, 0.05) is 12.3 Å². The average molecular weight is 510 g/mol. The summed E-state index contributed by atoms with van der Waals surface area (Å²) in [5.41, 5.74) is 0.290. The van der Waals surface area contributed by atoms with Gasteiger partial charge in [0.1, 0.15) is 5.75 Å². The Balaban J connectivity index is 1.60. The number of rotatable bonds is 6. The van der Waals surface area contributed by atoms with Crippen molar-refractivity contribution in [3.63, 3.8) is 0 Å². The highest BCUT2D eigenvalue weighted by molar-refractivity contribution is 6.39. The number of nitrogens with one attached hydrogen (secondary N) is 3. The third-order valence-corrected chi connectivity index (χ3v) is 5.50. The number of nitrogens with zero attached hydrogens (tertiary/aromatic N) is 2. The van der Waals surface area contributed by atoms with Gasteiger partial charge in [0.2, 0.25) is 5.95 Å². The van der Waals surface area contributed by atoms with E-state index >= 15 is 0 Å². The molecule has 2 heterocycles. The highest BCUT2D eigenvalue weighted by Crippen LogP contribution is 2.34. The Hall–Kier alpha value is -3.50. The van der Waals surface area contributed by atoms with Crippen molar-refractivity contribution in [2.45, 2.75) is 12.7 Å². The molecule has 1 amide bonds. The number of halogens is 5. The summed E-state index contributed by atoms with van der Waals surface area (Å²) in [5.74, 6) is -0.139. The fraction of sp³-hybridized carbons (Fsp3) is 0.136. The lowest BCUT2D eigenvalue weighted by atomic mass is 10.1. The Bertz CT molecular complexity index is 1350. The van der Waals surface area contributed by atoms with Gasteiger partial charge in [-0.05, 0) is 30.3 Å². The number of alkyl halides is 3. The maximum Gasteiger partial charge on any atom is 0.418 e. The van der Waals surface area contributed by atoms with Crippen LogP contribution in [0.2, 0.25) is 10.0 Å². The lowest BCUT2D eigenvalue weighted by Crippen LogP contribution is -2.25. The summed E-state index contributed by atoms with van der Waals surface area (Å²) in [4.78, 5) is 24.0. The molecule has 4 aromatic rings. The van der Waals surface area contributed by atoms with Crippen LogP contribution in [0.25, 0.3) is 11.0 Å². The van der Waals surface area contributed by atoms with E-state index in [1.165, 1.54) is 31.5 Å². The standard InChI is InChI=1S/C22H16Cl2F3N5O2/c1-34-18-9-16-15(30-21(31-16)32-19-13(23)5-2-6-14(19)24)8-11(18)20(33)29-10-17-12(22(25,26)27)4-3-7-28-17/h2-9H,10H2,1H3,(H,29,33)(H2,30,31,32). The third-order valence-electron chi connectivity index (χ3n) is 4.87. The molecule has 0 aliphatic rings. The van der Waals surface area contributed by atoms with Crippen LogP contribution in [0.5, 0.6) is 5.75 Å². The van der Waals surface area contributed by atoms with Crippen molar-refractivity contribution in [3.8, 4) is 5.75 Å². The van der Waals surface area contributed by atoms with Gasteiger partial charge in [0.15, 0.2) is 0 Å². The normalized spacial score (nSPS) is 11.5. The Morgan fingerprint density at radius 2 is 1.88 bits per heavy atom. The molecule has 3 N–H and O–H groups in total. The topological polar surface area (TPSA) is 91.9 Å². The summed E-state index contributed by atoms with van der Waals surface area (Å²) >= 11 is 12.4. The minimum Gasteiger partial charge on any atom is -0.496 e. The monoisotopic (exact) mass is 509 g/mol. The summed E-state index contributed by atoms with van der Waals surface area (Å²) < 4.78 is 44.9. The Morgan fingerprint density at radius 3 is 2.56 bits per heavy atom. The lowest BCUT2D eigenvalue weighted by molar-refractivity contribution is -0.138. The number of para-hydroxylation sites is 1. The number of anilines is 2. The Labute approximate surface area is 201 Å². The molecule has 176 valence electrons. The molecule has 0 atom stereocenters. The molecule has 2 aromatic carbocycles. The number of fused-ring (bicyclic) bond motifs is 1. The van der Waals surface area contributed by atoms with Crippen LogP contribution in [0.1, 0.15) is 21.6 Å². The number of aromatic nitrogens is 3. The highest BCUT2D eigenvalue weighted by Gasteiger charge is 2.33. The summed E-state index contributed by atoms with van der Waals surface area (Å²) in [6, 6.07) is 10.1. The van der Waals surface area contributed by atoms with E-state index in [-0.39, 0.29) is 17.0 Å². The number of benzene rings is 2. The van der Waals surface area contributed by atoms with Crippen molar-refractivity contribution in [1.29, 1.82) is 0 Å². The molecule has 12 heteroatoms. The second-order valence-electron chi connectivity index (χ2n) is 7.05. The minimum atomic E-state index is -4.59. The molecule has 0 aliphatic carbocycles. The average Bonchev–Trinajstić information content (AvgIpc) is 3.20. The summed E-state index contributed by atoms with van der Waals surface area (Å²) in [5, 5.41) is 6.23. The van der Waals surface area contributed by atoms with Crippen LogP contribution in [0.3, 0.4) is 0 Å². The number of carbonyl (C=O) groups excluding carboxylic acids is 1. The van der Waals surface area contributed by atoms with E-state index < -0.39 is 24.2 Å². The van der Waals surface area contributed by atoms with Gasteiger partial charge in [-0.15, -0.1) is 0 Å². The molecule has 4 rings (SSSR count). The number of hydrogen-bond acceptors (Lipinski definition) is 5. The number of hydrogen-bond donors (Lipinski definition) is 3. The molecule has 2 aromatic heterocycles. The van der Waals surface area contributed by atoms with Crippen LogP contribution in [0, 0.1) is 0 Å². The Kier molecular flexibility index (Phi) is 6.54. The van der Waals surface area contributed by atoms with E-state index in [0.29, 0.717) is 32.7 Å². The van der Waals surface area contributed by atoms with Crippen molar-refractivity contribution < 1.29 is 22.7 Å². The molecule has 0 saturated heterocycles. The first-order chi connectivity index (χ1) is 16.2. The van der Waals surface area contributed by atoms with Crippen molar-refractivity contribution in [3.05, 3.63) is 75.5 Å². The molecular formula is C22H16Cl2F3N5O2. The van der Waals surface area contributed by atoms with Crippen LogP contribution in [-0.4, -0.2) is 28.0 Å². The van der Waals surface area contributed by atoms with Crippen LogP contribution in [0.4, 0.5) is 24.8 Å². The van der Waals surface area contributed by atoms with Crippen molar-refractivity contribution in [2.75, 3.05) is 12.4 Å². The fourth-order valence-electron chi connectivity index (χ4n) is 3.28. The summed E-state index contributed by atoms with van der Waals surface area (Å²) in [6.45, 7) is -0.420. The van der Waals surface area contributed by atoms with Crippen LogP contribution >= 0.6 is 23.2 Å². The predicted molar refractivity (Wildman–Crippen MR) is 123 cm³/mol. The second kappa shape index (κ2) is 9.40. The van der Waals surface area contributed by atoms with Crippen LogP contribution in [0.15, 0.2) is 48.7 Å². The van der Waals surface area contributed by atoms with Crippen LogP contribution < -0.4 is 15.4 Å². The van der Waals surface area contributed by atoms with E-state index in [0.717, 1.165) is 6.07 Å². The molecule has 0 unspecified atom stereocenters. The first-order valence-electron chi connectivity index (χ1n) is 9.75. The zero-order chi connectivity index (χ0) is 24.5. The smallest absolute Gasteiger partial charge is 0.418 e. The van der Waals surface area contributed by atoms with E-state index in [1.807, 2.05) is 0 Å². The van der Waals surface area contributed by atoms with Crippen LogP contribution in [-0.2, 0) is 12.7 Å². The quantitative estimate of drug-likeness (QED) is 0.298. The molecule has 0 bridgehead atoms. The van der Waals surface area contributed by atoms with Gasteiger partial charge < -0.3 is 20.4 Å². The number of H-pyrrole nitrogens is 1. The molecule has 0 spiro atoms. The van der Waals surface area contributed by atoms with Crippen molar-refractivity contribution in [1.82, 2.24) is 20.3 Å². The van der Waals surface area contributed by atoms with Gasteiger partial charge in [-0.2, -0.15) is 13.2 Å². The first kappa shape index (κ1) is 23.7. The van der Waals surface area contributed by atoms with E-state index in [1.54, 1.807) is 18.2 Å². The van der Waals surface area contributed by atoms with Gasteiger partial charge in [-0.25, -0.2) is 4.98 Å². The maximum absolute atomic E-state index is 13.2. The fourth-order valence-corrected chi connectivity index (χ4v) is 3.77. The molecule has 34 heavy (non-hydrogen) atoms. The largest absolute Gasteiger partial charge is 0.496 e. The summed E-state index contributed by atoms with van der Waals surface area (Å²) in [7, 11) is 1.37. The number of pyridine rings is 1. The zero-order valence-electron chi connectivity index (χ0n) is 17.4. The second-order valence-corrected chi connectivity index (χ2v) is 7.87. The van der Waals surface area contributed by atoms with Gasteiger partial charge in [-0.1, -0.05) is 29.3 Å². The van der Waals surface area contributed by atoms with E-state index in [2.05, 4.69) is 25.6 Å². The molecule has 0 aliphatic heterocycles. The first-order valence-corrected chi connectivity index (χ1v) is 10.5. The number of imidazole rings is 1. The van der Waals surface area contributed by atoms with E-state index in [9.17, 15) is 18.0 Å².